The number of aryl methyl sites for hydroxylation is 2. The fourth-order valence-corrected chi connectivity index (χ4v) is 5.35. The highest BCUT2D eigenvalue weighted by Gasteiger charge is 2.32. The molecule has 8 heteroatoms. The largest absolute Gasteiger partial charge is 0.489 e. The molecule has 5 rings (SSSR count). The van der Waals surface area contributed by atoms with Crippen molar-refractivity contribution in [2.24, 2.45) is 4.99 Å². The minimum Gasteiger partial charge on any atom is -0.489 e. The van der Waals surface area contributed by atoms with Crippen LogP contribution < -0.4 is 4.74 Å². The zero-order valence-corrected chi connectivity index (χ0v) is 20.0. The highest BCUT2D eigenvalue weighted by molar-refractivity contribution is 7.15. The lowest BCUT2D eigenvalue weighted by molar-refractivity contribution is -0.137. The quantitative estimate of drug-likeness (QED) is 0.417. The van der Waals surface area contributed by atoms with Crippen LogP contribution in [0.15, 0.2) is 59.6 Å². The molecule has 1 atom stereocenters. The number of aliphatic imine (C=N–C) groups is 1. The summed E-state index contributed by atoms with van der Waals surface area (Å²) in [5.41, 5.74) is 4.89. The maximum atomic E-state index is 11.7. The van der Waals surface area contributed by atoms with Gasteiger partial charge in [0.2, 0.25) is 0 Å². The first kappa shape index (κ1) is 22.0. The lowest BCUT2D eigenvalue weighted by atomic mass is 9.99. The smallest absolute Gasteiger partial charge is 0.306 e. The second-order valence-corrected chi connectivity index (χ2v) is 9.50. The van der Waals surface area contributed by atoms with Crippen LogP contribution in [0, 0.1) is 20.8 Å². The van der Waals surface area contributed by atoms with Crippen molar-refractivity contribution in [1.29, 1.82) is 0 Å². The highest BCUT2D eigenvalue weighted by Crippen LogP contribution is 2.39. The number of carbonyl (C=O) groups is 1. The molecule has 7 nitrogen and oxygen atoms in total. The Balaban J connectivity index is 1.56. The molecule has 0 fully saturated rings. The van der Waals surface area contributed by atoms with Crippen LogP contribution in [-0.4, -0.2) is 31.6 Å². The number of hydrogen-bond acceptors (Lipinski definition) is 6. The van der Waals surface area contributed by atoms with Gasteiger partial charge in [-0.15, -0.1) is 21.5 Å². The standard InChI is InChI=1S/C26H24N4O3S/c1-15-16(2)34-26-23(15)24(27-21(13-22(31)32)25-29-28-17(3)30(25)26)19-9-11-20(12-10-19)33-14-18-7-5-4-6-8-18/h4-12,21H,13-14H2,1-3H3,(H,31,32)/t21-/m0/s1. The van der Waals surface area contributed by atoms with Gasteiger partial charge in [0.15, 0.2) is 5.82 Å². The molecule has 0 amide bonds. The fraction of sp³-hybridized carbons (Fsp3) is 0.231. The van der Waals surface area contributed by atoms with E-state index in [0.717, 1.165) is 38.7 Å². The van der Waals surface area contributed by atoms with Gasteiger partial charge in [-0.25, -0.2) is 0 Å². The molecule has 172 valence electrons. The molecule has 0 radical (unpaired) electrons. The molecule has 4 aromatic rings. The SMILES string of the molecule is Cc1sc2c(c1C)C(c1ccc(OCc3ccccc3)cc1)=N[C@@H](CC(=O)O)c1nnc(C)n1-2. The molecule has 2 aromatic carbocycles. The molecule has 1 aliphatic heterocycles. The van der Waals surface area contributed by atoms with E-state index in [2.05, 4.69) is 24.0 Å². The molecular weight excluding hydrogens is 448 g/mol. The third-order valence-corrected chi connectivity index (χ3v) is 7.18. The van der Waals surface area contributed by atoms with E-state index in [9.17, 15) is 9.90 Å². The molecule has 0 saturated heterocycles. The number of nitrogens with zero attached hydrogens (tertiary/aromatic N) is 4. The summed E-state index contributed by atoms with van der Waals surface area (Å²) in [6, 6.07) is 17.2. The fourth-order valence-electron chi connectivity index (χ4n) is 4.14. The number of hydrogen-bond donors (Lipinski definition) is 1. The Bertz CT molecular complexity index is 1390. The topological polar surface area (TPSA) is 89.6 Å². The zero-order valence-electron chi connectivity index (χ0n) is 19.1. The van der Waals surface area contributed by atoms with E-state index in [0.29, 0.717) is 18.3 Å². The van der Waals surface area contributed by atoms with Crippen LogP contribution >= 0.6 is 11.3 Å². The lowest BCUT2D eigenvalue weighted by Crippen LogP contribution is -2.10. The molecular formula is C26H24N4O3S. The third-order valence-electron chi connectivity index (χ3n) is 5.98. The van der Waals surface area contributed by atoms with E-state index < -0.39 is 12.0 Å². The normalized spacial score (nSPS) is 14.7. The van der Waals surface area contributed by atoms with Gasteiger partial charge in [0, 0.05) is 16.0 Å². The van der Waals surface area contributed by atoms with Gasteiger partial charge in [-0.2, -0.15) is 0 Å². The number of fused-ring (bicyclic) bond motifs is 3. The number of ether oxygens (including phenoxy) is 1. The second kappa shape index (κ2) is 8.87. The maximum absolute atomic E-state index is 11.7. The highest BCUT2D eigenvalue weighted by atomic mass is 32.1. The van der Waals surface area contributed by atoms with Gasteiger partial charge in [0.1, 0.15) is 29.2 Å². The summed E-state index contributed by atoms with van der Waals surface area (Å²) in [6.07, 6.45) is -0.160. The Morgan fingerprint density at radius 3 is 2.50 bits per heavy atom. The number of rotatable bonds is 6. The van der Waals surface area contributed by atoms with Crippen molar-refractivity contribution in [2.75, 3.05) is 0 Å². The van der Waals surface area contributed by atoms with E-state index in [1.807, 2.05) is 66.1 Å². The number of thiophene rings is 1. The summed E-state index contributed by atoms with van der Waals surface area (Å²) in [6.45, 7) is 6.53. The van der Waals surface area contributed by atoms with Crippen molar-refractivity contribution in [1.82, 2.24) is 14.8 Å². The molecule has 0 unspecified atom stereocenters. The molecule has 0 saturated carbocycles. The van der Waals surface area contributed by atoms with E-state index in [1.165, 1.54) is 4.88 Å². The maximum Gasteiger partial charge on any atom is 0.306 e. The van der Waals surface area contributed by atoms with Crippen molar-refractivity contribution in [2.45, 2.75) is 39.8 Å². The van der Waals surface area contributed by atoms with Crippen molar-refractivity contribution in [3.63, 3.8) is 0 Å². The Labute approximate surface area is 201 Å². The van der Waals surface area contributed by atoms with Crippen molar-refractivity contribution < 1.29 is 14.6 Å². The number of aromatic nitrogens is 3. The Hall–Kier alpha value is -3.78. The third kappa shape index (κ3) is 4.01. The zero-order chi connectivity index (χ0) is 23.8. The van der Waals surface area contributed by atoms with Crippen LogP contribution in [0.25, 0.3) is 5.00 Å². The summed E-state index contributed by atoms with van der Waals surface area (Å²) >= 11 is 1.65. The average Bonchev–Trinajstić information content (AvgIpc) is 3.31. The minimum absolute atomic E-state index is 0.160. The van der Waals surface area contributed by atoms with Crippen LogP contribution in [0.1, 0.15) is 51.2 Å². The van der Waals surface area contributed by atoms with Gasteiger partial charge < -0.3 is 9.84 Å². The molecule has 0 bridgehead atoms. The average molecular weight is 473 g/mol. The number of carboxylic acids is 1. The van der Waals surface area contributed by atoms with Gasteiger partial charge in [-0.1, -0.05) is 30.3 Å². The summed E-state index contributed by atoms with van der Waals surface area (Å²) in [4.78, 5) is 17.8. The molecule has 3 heterocycles. The Morgan fingerprint density at radius 1 is 1.06 bits per heavy atom. The van der Waals surface area contributed by atoms with Crippen LogP contribution in [0.4, 0.5) is 0 Å². The summed E-state index contributed by atoms with van der Waals surface area (Å²) in [5, 5.41) is 19.1. The van der Waals surface area contributed by atoms with E-state index in [-0.39, 0.29) is 6.42 Å². The van der Waals surface area contributed by atoms with Gasteiger partial charge >= 0.3 is 5.97 Å². The first-order valence-corrected chi connectivity index (χ1v) is 11.8. The Kier molecular flexibility index (Phi) is 5.75. The molecule has 1 aliphatic rings. The van der Waals surface area contributed by atoms with E-state index >= 15 is 0 Å². The van der Waals surface area contributed by atoms with Gasteiger partial charge in [0.25, 0.3) is 0 Å². The van der Waals surface area contributed by atoms with Crippen LogP contribution in [0.5, 0.6) is 5.75 Å². The predicted octanol–water partition coefficient (Wildman–Crippen LogP) is 5.20. The minimum atomic E-state index is -0.928. The van der Waals surface area contributed by atoms with Crippen molar-refractivity contribution in [3.05, 3.63) is 93.4 Å². The molecule has 1 N–H and O–H groups in total. The van der Waals surface area contributed by atoms with Crippen molar-refractivity contribution in [3.8, 4) is 10.8 Å². The van der Waals surface area contributed by atoms with E-state index in [4.69, 9.17) is 9.73 Å². The number of benzene rings is 2. The van der Waals surface area contributed by atoms with Gasteiger partial charge in [-0.3, -0.25) is 14.4 Å². The summed E-state index contributed by atoms with van der Waals surface area (Å²) in [7, 11) is 0. The van der Waals surface area contributed by atoms with Crippen molar-refractivity contribution >= 4 is 23.0 Å². The first-order valence-electron chi connectivity index (χ1n) is 11.0. The van der Waals surface area contributed by atoms with Gasteiger partial charge in [0.05, 0.1) is 12.1 Å². The summed E-state index contributed by atoms with van der Waals surface area (Å²) < 4.78 is 7.91. The summed E-state index contributed by atoms with van der Waals surface area (Å²) in [5.74, 6) is 1.10. The molecule has 34 heavy (non-hydrogen) atoms. The first-order chi connectivity index (χ1) is 16.4. The second-order valence-electron chi connectivity index (χ2n) is 8.29. The van der Waals surface area contributed by atoms with Crippen LogP contribution in [-0.2, 0) is 11.4 Å². The number of carboxylic acid groups (broad SMARTS) is 1. The number of aliphatic carboxylic acids is 1. The Morgan fingerprint density at radius 2 is 1.79 bits per heavy atom. The predicted molar refractivity (Wildman–Crippen MR) is 131 cm³/mol. The molecule has 0 aliphatic carbocycles. The molecule has 2 aromatic heterocycles. The van der Waals surface area contributed by atoms with E-state index in [1.54, 1.807) is 11.3 Å². The molecule has 0 spiro atoms. The van der Waals surface area contributed by atoms with Crippen LogP contribution in [0.3, 0.4) is 0 Å². The van der Waals surface area contributed by atoms with Crippen LogP contribution in [0.2, 0.25) is 0 Å². The van der Waals surface area contributed by atoms with Gasteiger partial charge in [-0.05, 0) is 56.2 Å². The monoisotopic (exact) mass is 472 g/mol. The lowest BCUT2D eigenvalue weighted by Gasteiger charge is -2.12.